The van der Waals surface area contributed by atoms with Crippen LogP contribution >= 0.6 is 0 Å². The Morgan fingerprint density at radius 3 is 2.59 bits per heavy atom. The van der Waals surface area contributed by atoms with E-state index < -0.39 is 53.0 Å². The number of hydrogen-bond donors (Lipinski definition) is 2. The summed E-state index contributed by atoms with van der Waals surface area (Å²) in [6.07, 6.45) is -6.10. The Bertz CT molecular complexity index is 1000. The monoisotopic (exact) mass is 509 g/mol. The van der Waals surface area contributed by atoms with Gasteiger partial charge in [-0.2, -0.15) is 13.2 Å². The van der Waals surface area contributed by atoms with Gasteiger partial charge in [0.05, 0.1) is 37.4 Å². The summed E-state index contributed by atoms with van der Waals surface area (Å²) in [5, 5.41) is 12.0. The number of anilines is 1. The van der Waals surface area contributed by atoms with Crippen molar-refractivity contribution in [3.05, 3.63) is 23.8 Å². The molecule has 2 N–H and O–H groups in total. The largest absolute Gasteiger partial charge is 0.488 e. The number of carbonyl (C=O) groups is 2. The quantitative estimate of drug-likeness (QED) is 0.554. The number of nitrogens with one attached hydrogen (secondary N) is 1. The van der Waals surface area contributed by atoms with Gasteiger partial charge in [-0.3, -0.25) is 9.59 Å². The van der Waals surface area contributed by atoms with Crippen LogP contribution in [-0.2, 0) is 14.8 Å². The van der Waals surface area contributed by atoms with Crippen LogP contribution < -0.4 is 10.1 Å². The summed E-state index contributed by atoms with van der Waals surface area (Å²) in [6, 6.07) is 3.52. The first-order valence-electron chi connectivity index (χ1n) is 10.6. The number of alkyl halides is 3. The zero-order valence-corrected chi connectivity index (χ0v) is 20.2. The summed E-state index contributed by atoms with van der Waals surface area (Å²) in [5.41, 5.74) is 0.144. The van der Waals surface area contributed by atoms with Gasteiger partial charge in [-0.25, -0.2) is 12.7 Å². The normalized spacial score (nSPS) is 20.3. The summed E-state index contributed by atoms with van der Waals surface area (Å²) in [5.74, 6) is -1.54. The number of sulfonamides is 1. The van der Waals surface area contributed by atoms with Crippen molar-refractivity contribution in [3.63, 3.8) is 0 Å². The Hall–Kier alpha value is -2.38. The Labute approximate surface area is 196 Å². The molecular weight excluding hydrogens is 479 g/mol. The van der Waals surface area contributed by atoms with Crippen LogP contribution in [0.15, 0.2) is 18.2 Å². The number of carbonyl (C=O) groups excluding carboxylic acids is 2. The van der Waals surface area contributed by atoms with Crippen molar-refractivity contribution < 1.29 is 41.0 Å². The SMILES string of the molecule is C[C@@H]1CN([C@H](C)CO)C(=O)c2cc(NC(=O)CCC(F)(F)F)ccc2O[C@@H]1CN(C)S(C)(=O)=O. The molecule has 0 spiro atoms. The number of fused-ring (bicyclic) bond motifs is 1. The van der Waals surface area contributed by atoms with Crippen molar-refractivity contribution in [1.82, 2.24) is 9.21 Å². The maximum atomic E-state index is 13.3. The van der Waals surface area contributed by atoms with Crippen LogP contribution in [0.25, 0.3) is 0 Å². The molecule has 192 valence electrons. The molecule has 0 fully saturated rings. The third kappa shape index (κ3) is 7.57. The molecule has 0 aromatic heterocycles. The van der Waals surface area contributed by atoms with Gasteiger partial charge in [0, 0.05) is 31.6 Å². The highest BCUT2D eigenvalue weighted by molar-refractivity contribution is 7.88. The fourth-order valence-electron chi connectivity index (χ4n) is 3.39. The number of aliphatic hydroxyl groups excluding tert-OH is 1. The van der Waals surface area contributed by atoms with Crippen LogP contribution in [0.5, 0.6) is 5.75 Å². The smallest absolute Gasteiger partial charge is 0.389 e. The van der Waals surface area contributed by atoms with Crippen LogP contribution in [0, 0.1) is 5.92 Å². The standard InChI is InChI=1S/C21H30F3N3O6S/c1-13-10-27(14(2)12-28)20(30)16-9-15(25-19(29)7-8-21(22,23)24)5-6-17(16)33-18(13)11-26(3)34(4,31)32/h5-6,9,13-14,18,28H,7-8,10-12H2,1-4H3,(H,25,29)/t13-,14-,18-/m1/s1. The second-order valence-electron chi connectivity index (χ2n) is 8.54. The molecule has 2 amide bonds. The lowest BCUT2D eigenvalue weighted by Crippen LogP contribution is -2.50. The third-order valence-corrected chi connectivity index (χ3v) is 6.87. The summed E-state index contributed by atoms with van der Waals surface area (Å²) in [7, 11) is -2.09. The number of benzene rings is 1. The molecule has 0 radical (unpaired) electrons. The number of nitrogens with zero attached hydrogens (tertiary/aromatic N) is 2. The molecule has 0 unspecified atom stereocenters. The van der Waals surface area contributed by atoms with Crippen LogP contribution in [0.2, 0.25) is 0 Å². The van der Waals surface area contributed by atoms with Gasteiger partial charge in [-0.15, -0.1) is 0 Å². The number of ether oxygens (including phenoxy) is 1. The molecule has 1 aromatic carbocycles. The minimum atomic E-state index is -4.47. The van der Waals surface area contributed by atoms with Gasteiger partial charge < -0.3 is 20.1 Å². The minimum absolute atomic E-state index is 0.00487. The van der Waals surface area contributed by atoms with E-state index in [0.29, 0.717) is 0 Å². The zero-order chi connectivity index (χ0) is 25.8. The number of rotatable bonds is 8. The van der Waals surface area contributed by atoms with Gasteiger partial charge in [-0.05, 0) is 25.1 Å². The van der Waals surface area contributed by atoms with E-state index in [0.717, 1.165) is 10.6 Å². The Balaban J connectivity index is 2.39. The Morgan fingerprint density at radius 1 is 1.38 bits per heavy atom. The molecule has 0 saturated heterocycles. The maximum Gasteiger partial charge on any atom is 0.389 e. The topological polar surface area (TPSA) is 116 Å². The molecular formula is C21H30F3N3O6S. The molecule has 1 heterocycles. The number of aliphatic hydroxyl groups is 1. The zero-order valence-electron chi connectivity index (χ0n) is 19.4. The molecule has 0 bridgehead atoms. The van der Waals surface area contributed by atoms with Crippen LogP contribution in [-0.4, -0.2) is 85.9 Å². The summed E-state index contributed by atoms with van der Waals surface area (Å²) < 4.78 is 68.1. The first-order chi connectivity index (χ1) is 15.6. The predicted octanol–water partition coefficient (Wildman–Crippen LogP) is 2.08. The Morgan fingerprint density at radius 2 is 2.03 bits per heavy atom. The molecule has 0 saturated carbocycles. The van der Waals surface area contributed by atoms with E-state index in [1.165, 1.54) is 30.1 Å². The summed E-state index contributed by atoms with van der Waals surface area (Å²) >= 11 is 0. The second-order valence-corrected chi connectivity index (χ2v) is 10.6. The minimum Gasteiger partial charge on any atom is -0.488 e. The van der Waals surface area contributed by atoms with E-state index in [2.05, 4.69) is 5.32 Å². The highest BCUT2D eigenvalue weighted by Crippen LogP contribution is 2.31. The van der Waals surface area contributed by atoms with E-state index >= 15 is 0 Å². The van der Waals surface area contributed by atoms with Crippen molar-refractivity contribution in [2.45, 2.75) is 45.0 Å². The summed E-state index contributed by atoms with van der Waals surface area (Å²) in [4.78, 5) is 26.6. The lowest BCUT2D eigenvalue weighted by molar-refractivity contribution is -0.142. The highest BCUT2D eigenvalue weighted by atomic mass is 32.2. The molecule has 1 aliphatic heterocycles. The van der Waals surface area contributed by atoms with Gasteiger partial charge in [0.1, 0.15) is 11.9 Å². The number of hydrogen-bond acceptors (Lipinski definition) is 6. The fourth-order valence-corrected chi connectivity index (χ4v) is 3.80. The van der Waals surface area contributed by atoms with E-state index in [1.807, 2.05) is 0 Å². The van der Waals surface area contributed by atoms with E-state index in [1.54, 1.807) is 13.8 Å². The third-order valence-electron chi connectivity index (χ3n) is 5.59. The lowest BCUT2D eigenvalue weighted by atomic mass is 9.99. The lowest BCUT2D eigenvalue weighted by Gasteiger charge is -2.38. The van der Waals surface area contributed by atoms with Crippen molar-refractivity contribution >= 4 is 27.5 Å². The number of halogens is 3. The molecule has 0 aliphatic carbocycles. The average molecular weight is 510 g/mol. The first kappa shape index (κ1) is 27.9. The molecule has 9 nitrogen and oxygen atoms in total. The first-order valence-corrected chi connectivity index (χ1v) is 12.5. The van der Waals surface area contributed by atoms with Crippen LogP contribution in [0.3, 0.4) is 0 Å². The number of amides is 2. The second kappa shape index (κ2) is 10.9. The fraction of sp³-hybridized carbons (Fsp3) is 0.619. The van der Waals surface area contributed by atoms with Gasteiger partial charge >= 0.3 is 6.18 Å². The van der Waals surface area contributed by atoms with E-state index in [4.69, 9.17) is 4.74 Å². The average Bonchev–Trinajstić information content (AvgIpc) is 2.73. The van der Waals surface area contributed by atoms with Gasteiger partial charge in [0.2, 0.25) is 15.9 Å². The van der Waals surface area contributed by atoms with Crippen molar-refractivity contribution in [3.8, 4) is 5.75 Å². The highest BCUT2D eigenvalue weighted by Gasteiger charge is 2.34. The van der Waals surface area contributed by atoms with Crippen molar-refractivity contribution in [2.75, 3.05) is 38.3 Å². The van der Waals surface area contributed by atoms with E-state index in [-0.39, 0.29) is 42.6 Å². The van der Waals surface area contributed by atoms with Crippen LogP contribution in [0.1, 0.15) is 37.0 Å². The number of likely N-dealkylation sites (N-methyl/N-ethyl adjacent to an activating group) is 1. The predicted molar refractivity (Wildman–Crippen MR) is 119 cm³/mol. The Kier molecular flexibility index (Phi) is 8.94. The molecule has 34 heavy (non-hydrogen) atoms. The van der Waals surface area contributed by atoms with Crippen molar-refractivity contribution in [1.29, 1.82) is 0 Å². The van der Waals surface area contributed by atoms with Gasteiger partial charge in [0.15, 0.2) is 0 Å². The molecule has 13 heteroatoms. The van der Waals surface area contributed by atoms with Crippen LogP contribution in [0.4, 0.5) is 18.9 Å². The molecule has 1 aliphatic rings. The molecule has 2 rings (SSSR count). The summed E-state index contributed by atoms with van der Waals surface area (Å²) in [6.45, 7) is 3.28. The molecule has 3 atom stereocenters. The molecule has 1 aromatic rings. The van der Waals surface area contributed by atoms with Crippen molar-refractivity contribution in [2.24, 2.45) is 5.92 Å². The van der Waals surface area contributed by atoms with Gasteiger partial charge in [-0.1, -0.05) is 6.92 Å². The maximum absolute atomic E-state index is 13.3. The van der Waals surface area contributed by atoms with E-state index in [9.17, 15) is 36.3 Å². The van der Waals surface area contributed by atoms with Gasteiger partial charge in [0.25, 0.3) is 5.91 Å².